The van der Waals surface area contributed by atoms with Crippen LogP contribution in [0.1, 0.15) is 37.0 Å². The molecule has 1 amide bonds. The van der Waals surface area contributed by atoms with Gasteiger partial charge in [0.05, 0.1) is 32.3 Å². The molecule has 2 aromatic carbocycles. The zero-order valence-corrected chi connectivity index (χ0v) is 25.1. The van der Waals surface area contributed by atoms with Gasteiger partial charge in [-0.15, -0.1) is 0 Å². The molecule has 0 aromatic heterocycles. The van der Waals surface area contributed by atoms with Crippen molar-refractivity contribution in [1.82, 2.24) is 14.1 Å². The first-order chi connectivity index (χ1) is 17.9. The second-order valence-corrected chi connectivity index (χ2v) is 13.4. The number of hydrogen-bond acceptors (Lipinski definition) is 4. The van der Waals surface area contributed by atoms with Crippen LogP contribution in [0.2, 0.25) is 15.1 Å². The zero-order valence-electron chi connectivity index (χ0n) is 22.0. The van der Waals surface area contributed by atoms with Gasteiger partial charge in [0.25, 0.3) is 0 Å². The smallest absolute Gasteiger partial charge is 0.341 e. The minimum absolute atomic E-state index is 0.0694. The lowest BCUT2D eigenvalue weighted by Crippen LogP contribution is -2.54. The molecule has 0 spiro atoms. The molecule has 216 valence electrons. The molecule has 0 radical (unpaired) electrons. The minimum atomic E-state index is -4.62. The predicted molar refractivity (Wildman–Crippen MR) is 149 cm³/mol. The van der Waals surface area contributed by atoms with Gasteiger partial charge in [-0.1, -0.05) is 46.9 Å². The molecular formula is C26H31Cl3F3N3O3S. The van der Waals surface area contributed by atoms with Gasteiger partial charge in [-0.3, -0.25) is 4.79 Å². The van der Waals surface area contributed by atoms with Crippen molar-refractivity contribution in [3.63, 3.8) is 0 Å². The van der Waals surface area contributed by atoms with Crippen LogP contribution >= 0.6 is 34.8 Å². The van der Waals surface area contributed by atoms with E-state index in [0.717, 1.165) is 6.07 Å². The van der Waals surface area contributed by atoms with Crippen LogP contribution in [0.3, 0.4) is 0 Å². The van der Waals surface area contributed by atoms with Crippen molar-refractivity contribution in [2.24, 2.45) is 0 Å². The monoisotopic (exact) mass is 627 g/mol. The van der Waals surface area contributed by atoms with Crippen LogP contribution in [0.15, 0.2) is 36.4 Å². The Morgan fingerprint density at radius 2 is 1.69 bits per heavy atom. The normalized spacial score (nSPS) is 19.1. The highest BCUT2D eigenvalue weighted by molar-refractivity contribution is 7.88. The highest BCUT2D eigenvalue weighted by Gasteiger charge is 2.39. The summed E-state index contributed by atoms with van der Waals surface area (Å²) in [5.41, 5.74) is -1.16. The third-order valence-electron chi connectivity index (χ3n) is 7.14. The van der Waals surface area contributed by atoms with Crippen LogP contribution < -0.4 is 0 Å². The fourth-order valence-electron chi connectivity index (χ4n) is 4.96. The maximum absolute atomic E-state index is 13.9. The molecule has 6 nitrogen and oxygen atoms in total. The highest BCUT2D eigenvalue weighted by atomic mass is 35.5. The molecule has 1 aliphatic heterocycles. The van der Waals surface area contributed by atoms with Gasteiger partial charge < -0.3 is 9.80 Å². The minimum Gasteiger partial charge on any atom is -0.341 e. The summed E-state index contributed by atoms with van der Waals surface area (Å²) in [5.74, 6) is -0.313. The lowest BCUT2D eigenvalue weighted by molar-refractivity contribution is -0.137. The number of rotatable bonds is 8. The second-order valence-electron chi connectivity index (χ2n) is 10.2. The van der Waals surface area contributed by atoms with E-state index in [9.17, 15) is 26.4 Å². The Morgan fingerprint density at radius 3 is 2.26 bits per heavy atom. The Kier molecular flexibility index (Phi) is 9.94. The number of likely N-dealkylation sites (N-methyl/N-ethyl adjacent to an activating group) is 1. The lowest BCUT2D eigenvalue weighted by Gasteiger charge is -2.40. The average molecular weight is 629 g/mol. The molecule has 0 N–H and O–H groups in total. The van der Waals surface area contributed by atoms with E-state index in [1.807, 2.05) is 6.92 Å². The van der Waals surface area contributed by atoms with Gasteiger partial charge in [0.15, 0.2) is 0 Å². The maximum Gasteiger partial charge on any atom is 0.417 e. The molecule has 3 rings (SSSR count). The number of nitrogens with zero attached hydrogens (tertiary/aromatic N) is 3. The van der Waals surface area contributed by atoms with Gasteiger partial charge >= 0.3 is 6.18 Å². The van der Waals surface area contributed by atoms with Crippen molar-refractivity contribution in [3.05, 3.63) is 68.2 Å². The molecule has 2 aromatic rings. The number of amides is 1. The summed E-state index contributed by atoms with van der Waals surface area (Å²) in [6, 6.07) is 8.31. The first-order valence-corrected chi connectivity index (χ1v) is 15.2. The van der Waals surface area contributed by atoms with Crippen LogP contribution in [0.5, 0.6) is 0 Å². The molecule has 0 aliphatic carbocycles. The molecule has 1 heterocycles. The summed E-state index contributed by atoms with van der Waals surface area (Å²) < 4.78 is 65.6. The highest BCUT2D eigenvalue weighted by Crippen LogP contribution is 2.37. The molecule has 1 aliphatic rings. The van der Waals surface area contributed by atoms with Crippen molar-refractivity contribution in [3.8, 4) is 0 Å². The average Bonchev–Trinajstić information content (AvgIpc) is 2.83. The van der Waals surface area contributed by atoms with E-state index in [4.69, 9.17) is 34.8 Å². The standard InChI is InChI=1S/C26H31Cl3F3N3O3S/c1-17-15-34(11-12-35(17)39(4,37)38)10-9-25(2,19-6-8-22(28)23(29)14-19)24(36)33(3)16-18-5-7-21(27)20(13-18)26(30,31)32/h5-8,13-14,17H,9-12,15-16H2,1-4H3/t17-,25?/m1/s1. The Morgan fingerprint density at radius 1 is 1.05 bits per heavy atom. The number of benzene rings is 2. The summed E-state index contributed by atoms with van der Waals surface area (Å²) >= 11 is 18.2. The Labute approximate surface area is 242 Å². The van der Waals surface area contributed by atoms with Gasteiger partial charge in [-0.2, -0.15) is 17.5 Å². The summed E-state index contributed by atoms with van der Waals surface area (Å²) in [4.78, 5) is 17.4. The molecule has 13 heteroatoms. The molecule has 0 saturated carbocycles. The number of halogens is 6. The quantitative estimate of drug-likeness (QED) is 0.363. The predicted octanol–water partition coefficient (Wildman–Crippen LogP) is 5.94. The van der Waals surface area contributed by atoms with Crippen LogP contribution in [0, 0.1) is 0 Å². The zero-order chi connectivity index (χ0) is 29.3. The van der Waals surface area contributed by atoms with E-state index in [1.165, 1.54) is 34.6 Å². The molecular weight excluding hydrogens is 598 g/mol. The van der Waals surface area contributed by atoms with E-state index in [2.05, 4.69) is 4.90 Å². The van der Waals surface area contributed by atoms with Gasteiger partial charge in [0, 0.05) is 39.3 Å². The molecule has 2 atom stereocenters. The van der Waals surface area contributed by atoms with Crippen LogP contribution in [-0.2, 0) is 33.0 Å². The molecule has 0 bridgehead atoms. The number of alkyl halides is 3. The van der Waals surface area contributed by atoms with Crippen molar-refractivity contribution < 1.29 is 26.4 Å². The first kappa shape index (κ1) is 32.0. The van der Waals surface area contributed by atoms with Crippen molar-refractivity contribution in [2.75, 3.05) is 39.5 Å². The van der Waals surface area contributed by atoms with E-state index < -0.39 is 32.2 Å². The van der Waals surface area contributed by atoms with Crippen molar-refractivity contribution in [2.45, 2.75) is 44.4 Å². The Balaban J connectivity index is 1.85. The van der Waals surface area contributed by atoms with Crippen molar-refractivity contribution in [1.29, 1.82) is 0 Å². The van der Waals surface area contributed by atoms with E-state index in [0.29, 0.717) is 43.2 Å². The van der Waals surface area contributed by atoms with Crippen LogP contribution in [-0.4, -0.2) is 74.0 Å². The van der Waals surface area contributed by atoms with E-state index in [-0.39, 0.29) is 29.1 Å². The van der Waals surface area contributed by atoms with Gasteiger partial charge in [0.1, 0.15) is 0 Å². The number of carbonyl (C=O) groups excluding carboxylic acids is 1. The third-order valence-corrected chi connectivity index (χ3v) is 9.60. The first-order valence-electron chi connectivity index (χ1n) is 12.2. The van der Waals surface area contributed by atoms with Crippen LogP contribution in [0.4, 0.5) is 13.2 Å². The number of carbonyl (C=O) groups is 1. The molecule has 1 saturated heterocycles. The summed E-state index contributed by atoms with van der Waals surface area (Å²) in [6.07, 6.45) is -3.08. The molecule has 1 unspecified atom stereocenters. The third kappa shape index (κ3) is 7.59. The van der Waals surface area contributed by atoms with Crippen LogP contribution in [0.25, 0.3) is 0 Å². The topological polar surface area (TPSA) is 60.9 Å². The fraction of sp³-hybridized carbons (Fsp3) is 0.500. The van der Waals surface area contributed by atoms with E-state index >= 15 is 0 Å². The largest absolute Gasteiger partial charge is 0.417 e. The summed E-state index contributed by atoms with van der Waals surface area (Å²) in [5, 5.41) is 0.194. The number of hydrogen-bond donors (Lipinski definition) is 0. The number of sulfonamides is 1. The SMILES string of the molecule is C[C@@H]1CN(CCC(C)(C(=O)N(C)Cc2ccc(Cl)c(C(F)(F)F)c2)c2ccc(Cl)c(Cl)c2)CCN1S(C)(=O)=O. The summed E-state index contributed by atoms with van der Waals surface area (Å²) in [7, 11) is -1.79. The second kappa shape index (κ2) is 12.1. The van der Waals surface area contributed by atoms with Gasteiger partial charge in [-0.05, 0) is 62.2 Å². The van der Waals surface area contributed by atoms with Gasteiger partial charge in [-0.25, -0.2) is 8.42 Å². The number of piperazine rings is 1. The van der Waals surface area contributed by atoms with E-state index in [1.54, 1.807) is 25.1 Å². The maximum atomic E-state index is 13.9. The Hall–Kier alpha value is -1.56. The molecule has 1 fully saturated rings. The van der Waals surface area contributed by atoms with Gasteiger partial charge in [0.2, 0.25) is 15.9 Å². The lowest BCUT2D eigenvalue weighted by atomic mass is 9.77. The molecule has 39 heavy (non-hydrogen) atoms. The summed E-state index contributed by atoms with van der Waals surface area (Å²) in [6.45, 7) is 5.37. The Bertz CT molecular complexity index is 1330. The fourth-order valence-corrected chi connectivity index (χ4v) is 6.62. The van der Waals surface area contributed by atoms with Crippen molar-refractivity contribution >= 4 is 50.7 Å².